The number of ether oxygens (including phenoxy) is 1. The van der Waals surface area contributed by atoms with E-state index in [1.807, 2.05) is 24.3 Å². The Morgan fingerprint density at radius 3 is 2.75 bits per heavy atom. The number of anilines is 1. The number of nitrogens with zero attached hydrogens (tertiary/aromatic N) is 4. The number of amides is 1. The Morgan fingerprint density at radius 1 is 1.12 bits per heavy atom. The molecule has 0 spiro atoms. The lowest BCUT2D eigenvalue weighted by Gasteiger charge is -2.03. The van der Waals surface area contributed by atoms with Gasteiger partial charge in [0.1, 0.15) is 5.58 Å². The zero-order chi connectivity index (χ0) is 22.3. The van der Waals surface area contributed by atoms with Crippen molar-refractivity contribution in [1.29, 1.82) is 0 Å². The molecule has 0 aliphatic carbocycles. The molecule has 0 atom stereocenters. The summed E-state index contributed by atoms with van der Waals surface area (Å²) in [5, 5.41) is 12.5. The second kappa shape index (κ2) is 10.6. The number of rotatable bonds is 9. The van der Waals surface area contributed by atoms with Gasteiger partial charge in [-0.15, -0.1) is 10.2 Å². The van der Waals surface area contributed by atoms with Gasteiger partial charge in [0.2, 0.25) is 5.13 Å². The standard InChI is InChI=1S/C20H17N5O4S3/c1-2-28-15(26)11-31-20-25-24-19(32-20)23-17(27)16-13(10-30-18-21-8-5-9-22-18)12-6-3-4-7-14(12)29-16/h3-9H,2,10-11H2,1H3,(H,23,24,27). The quantitative estimate of drug-likeness (QED) is 0.158. The first-order valence-corrected chi connectivity index (χ1v) is 12.3. The molecule has 0 fully saturated rings. The molecule has 4 aromatic rings. The van der Waals surface area contributed by atoms with E-state index < -0.39 is 5.91 Å². The van der Waals surface area contributed by atoms with Crippen molar-refractivity contribution in [2.24, 2.45) is 0 Å². The van der Waals surface area contributed by atoms with E-state index in [4.69, 9.17) is 9.15 Å². The fourth-order valence-electron chi connectivity index (χ4n) is 2.72. The van der Waals surface area contributed by atoms with Crippen LogP contribution in [0.3, 0.4) is 0 Å². The Labute approximate surface area is 195 Å². The van der Waals surface area contributed by atoms with Crippen LogP contribution in [-0.4, -0.2) is 44.4 Å². The van der Waals surface area contributed by atoms with Gasteiger partial charge in [0.05, 0.1) is 12.4 Å². The lowest BCUT2D eigenvalue weighted by atomic mass is 10.1. The third-order valence-corrected chi connectivity index (χ3v) is 6.89. The Bertz CT molecular complexity index is 1230. The number of fused-ring (bicyclic) bond motifs is 1. The second-order valence-corrected chi connectivity index (χ2v) is 9.29. The van der Waals surface area contributed by atoms with E-state index in [1.54, 1.807) is 25.4 Å². The van der Waals surface area contributed by atoms with Crippen LogP contribution in [0.4, 0.5) is 5.13 Å². The molecule has 0 unspecified atom stereocenters. The number of carbonyl (C=O) groups is 2. The van der Waals surface area contributed by atoms with Gasteiger partial charge in [0.25, 0.3) is 5.91 Å². The normalized spacial score (nSPS) is 10.9. The van der Waals surface area contributed by atoms with Gasteiger partial charge >= 0.3 is 5.97 Å². The number of hydrogen-bond acceptors (Lipinski definition) is 11. The zero-order valence-corrected chi connectivity index (χ0v) is 19.3. The zero-order valence-electron chi connectivity index (χ0n) is 16.8. The van der Waals surface area contributed by atoms with Gasteiger partial charge in [-0.2, -0.15) is 0 Å². The van der Waals surface area contributed by atoms with Crippen molar-refractivity contribution in [1.82, 2.24) is 20.2 Å². The number of thioether (sulfide) groups is 2. The number of hydrogen-bond donors (Lipinski definition) is 1. The lowest BCUT2D eigenvalue weighted by Crippen LogP contribution is -2.12. The van der Waals surface area contributed by atoms with Crippen LogP contribution in [0.15, 0.2) is 56.6 Å². The smallest absolute Gasteiger partial charge is 0.316 e. The maximum absolute atomic E-state index is 13.0. The summed E-state index contributed by atoms with van der Waals surface area (Å²) in [6, 6.07) is 9.21. The van der Waals surface area contributed by atoms with E-state index in [-0.39, 0.29) is 17.5 Å². The second-order valence-electron chi connectivity index (χ2n) is 6.15. The number of esters is 1. The molecule has 9 nitrogen and oxygen atoms in total. The van der Waals surface area contributed by atoms with Crippen molar-refractivity contribution in [3.8, 4) is 0 Å². The number of nitrogens with one attached hydrogen (secondary N) is 1. The summed E-state index contributed by atoms with van der Waals surface area (Å²) in [5.74, 6) is 0.0308. The Hall–Kier alpha value is -2.96. The first kappa shape index (κ1) is 22.2. The molecule has 0 saturated heterocycles. The van der Waals surface area contributed by atoms with Crippen molar-refractivity contribution in [3.63, 3.8) is 0 Å². The van der Waals surface area contributed by atoms with Gasteiger partial charge in [0.15, 0.2) is 15.3 Å². The summed E-state index contributed by atoms with van der Waals surface area (Å²) in [4.78, 5) is 32.9. The molecule has 1 aromatic carbocycles. The predicted octanol–water partition coefficient (Wildman–Crippen LogP) is 4.27. The topological polar surface area (TPSA) is 120 Å². The van der Waals surface area contributed by atoms with E-state index in [2.05, 4.69) is 25.5 Å². The molecule has 3 heterocycles. The Kier molecular flexibility index (Phi) is 7.35. The van der Waals surface area contributed by atoms with Gasteiger partial charge < -0.3 is 9.15 Å². The van der Waals surface area contributed by atoms with Crippen LogP contribution in [0, 0.1) is 0 Å². The highest BCUT2D eigenvalue weighted by Gasteiger charge is 2.22. The summed E-state index contributed by atoms with van der Waals surface area (Å²) in [7, 11) is 0. The molecule has 1 amide bonds. The average Bonchev–Trinajstić information content (AvgIpc) is 3.41. The summed E-state index contributed by atoms with van der Waals surface area (Å²) >= 11 is 3.79. The molecule has 3 aromatic heterocycles. The molecule has 164 valence electrons. The van der Waals surface area contributed by atoms with Crippen LogP contribution in [0.25, 0.3) is 11.0 Å². The van der Waals surface area contributed by atoms with Crippen molar-refractivity contribution >= 4 is 62.8 Å². The summed E-state index contributed by atoms with van der Waals surface area (Å²) < 4.78 is 11.3. The van der Waals surface area contributed by atoms with Crippen LogP contribution >= 0.6 is 34.9 Å². The van der Waals surface area contributed by atoms with E-state index >= 15 is 0 Å². The van der Waals surface area contributed by atoms with E-state index in [0.717, 1.165) is 10.9 Å². The first-order valence-electron chi connectivity index (χ1n) is 9.47. The first-order chi connectivity index (χ1) is 15.6. The molecule has 0 aliphatic rings. The number of carbonyl (C=O) groups excluding carboxylic acids is 2. The van der Waals surface area contributed by atoms with Gasteiger partial charge in [-0.05, 0) is 19.1 Å². The van der Waals surface area contributed by atoms with Crippen molar-refractivity contribution in [2.45, 2.75) is 22.2 Å². The van der Waals surface area contributed by atoms with E-state index in [9.17, 15) is 9.59 Å². The molecular weight excluding hydrogens is 470 g/mol. The number of furan rings is 1. The van der Waals surface area contributed by atoms with Crippen LogP contribution in [0.5, 0.6) is 0 Å². The monoisotopic (exact) mass is 487 g/mol. The number of benzene rings is 1. The van der Waals surface area contributed by atoms with Crippen molar-refractivity contribution in [3.05, 3.63) is 54.0 Å². The van der Waals surface area contributed by atoms with Crippen LogP contribution in [0.2, 0.25) is 0 Å². The minimum absolute atomic E-state index is 0.128. The molecule has 0 aliphatic heterocycles. The van der Waals surface area contributed by atoms with Crippen molar-refractivity contribution in [2.75, 3.05) is 17.7 Å². The van der Waals surface area contributed by atoms with Gasteiger partial charge in [-0.3, -0.25) is 14.9 Å². The highest BCUT2D eigenvalue weighted by molar-refractivity contribution is 8.01. The predicted molar refractivity (Wildman–Crippen MR) is 123 cm³/mol. The fraction of sp³-hybridized carbons (Fsp3) is 0.200. The molecule has 0 bridgehead atoms. The molecule has 12 heteroatoms. The number of para-hydroxylation sites is 1. The van der Waals surface area contributed by atoms with Crippen LogP contribution in [0.1, 0.15) is 23.0 Å². The fourth-order valence-corrected chi connectivity index (χ4v) is 5.09. The third kappa shape index (κ3) is 5.44. The third-order valence-electron chi connectivity index (χ3n) is 4.04. The minimum atomic E-state index is -0.427. The molecule has 0 radical (unpaired) electrons. The minimum Gasteiger partial charge on any atom is -0.465 e. The van der Waals surface area contributed by atoms with E-state index in [0.29, 0.717) is 32.6 Å². The van der Waals surface area contributed by atoms with Crippen LogP contribution < -0.4 is 5.32 Å². The molecule has 32 heavy (non-hydrogen) atoms. The highest BCUT2D eigenvalue weighted by atomic mass is 32.2. The van der Waals surface area contributed by atoms with E-state index in [1.165, 1.54) is 34.9 Å². The summed E-state index contributed by atoms with van der Waals surface area (Å²) in [6.07, 6.45) is 3.34. The summed E-state index contributed by atoms with van der Waals surface area (Å²) in [5.41, 5.74) is 1.36. The Balaban J connectivity index is 1.49. The highest BCUT2D eigenvalue weighted by Crippen LogP contribution is 2.32. The molecular formula is C20H17N5O4S3. The Morgan fingerprint density at radius 2 is 1.94 bits per heavy atom. The number of aromatic nitrogens is 4. The average molecular weight is 488 g/mol. The lowest BCUT2D eigenvalue weighted by molar-refractivity contribution is -0.139. The molecule has 0 saturated carbocycles. The van der Waals surface area contributed by atoms with Crippen molar-refractivity contribution < 1.29 is 18.7 Å². The maximum atomic E-state index is 13.0. The van der Waals surface area contributed by atoms with Gasteiger partial charge in [-0.1, -0.05) is 53.1 Å². The largest absolute Gasteiger partial charge is 0.465 e. The molecule has 1 N–H and O–H groups in total. The maximum Gasteiger partial charge on any atom is 0.316 e. The summed E-state index contributed by atoms with van der Waals surface area (Å²) in [6.45, 7) is 2.07. The van der Waals surface area contributed by atoms with Gasteiger partial charge in [-0.25, -0.2) is 9.97 Å². The SMILES string of the molecule is CCOC(=O)CSc1nnc(NC(=O)c2oc3ccccc3c2CSc2ncccn2)s1. The van der Waals surface area contributed by atoms with Gasteiger partial charge in [0, 0.05) is 29.1 Å². The molecule has 4 rings (SSSR count). The van der Waals surface area contributed by atoms with Crippen LogP contribution in [-0.2, 0) is 15.3 Å².